The Morgan fingerprint density at radius 1 is 0.955 bits per heavy atom. The summed E-state index contributed by atoms with van der Waals surface area (Å²) in [4.78, 5) is 14.5. The Morgan fingerprint density at radius 3 is 2.55 bits per heavy atom. The molecule has 0 saturated carbocycles. The zero-order valence-electron chi connectivity index (χ0n) is 12.9. The maximum atomic E-state index is 5.48. The van der Waals surface area contributed by atoms with Crippen molar-refractivity contribution >= 4 is 16.7 Å². The van der Waals surface area contributed by atoms with E-state index in [-0.39, 0.29) is 0 Å². The summed E-state index contributed by atoms with van der Waals surface area (Å²) in [7, 11) is 0. The van der Waals surface area contributed by atoms with Crippen molar-refractivity contribution < 1.29 is 4.74 Å². The molecule has 0 spiro atoms. The molecule has 22 heavy (non-hydrogen) atoms. The quantitative estimate of drug-likeness (QED) is 0.867. The highest BCUT2D eigenvalue weighted by molar-refractivity contribution is 5.89. The molecule has 5 heteroatoms. The van der Waals surface area contributed by atoms with Crippen LogP contribution in [0, 0.1) is 0 Å². The second-order valence-corrected chi connectivity index (χ2v) is 6.06. The average Bonchev–Trinajstić information content (AvgIpc) is 3.08. The molecular weight excluding hydrogens is 276 g/mol. The van der Waals surface area contributed by atoms with E-state index in [4.69, 9.17) is 14.7 Å². The van der Waals surface area contributed by atoms with Gasteiger partial charge in [0.25, 0.3) is 0 Å². The summed E-state index contributed by atoms with van der Waals surface area (Å²) >= 11 is 0. The molecule has 0 amide bonds. The van der Waals surface area contributed by atoms with Crippen LogP contribution in [-0.2, 0) is 11.3 Å². The first-order valence-corrected chi connectivity index (χ1v) is 8.21. The summed E-state index contributed by atoms with van der Waals surface area (Å²) in [5.41, 5.74) is 1.05. The van der Waals surface area contributed by atoms with Gasteiger partial charge in [0.05, 0.1) is 25.3 Å². The lowest BCUT2D eigenvalue weighted by molar-refractivity contribution is 0.122. The van der Waals surface area contributed by atoms with Gasteiger partial charge in [0.1, 0.15) is 11.6 Å². The molecule has 116 valence electrons. The summed E-state index contributed by atoms with van der Waals surface area (Å²) in [6.07, 6.45) is 2.59. The van der Waals surface area contributed by atoms with Gasteiger partial charge in [0.2, 0.25) is 0 Å². The van der Waals surface area contributed by atoms with Crippen LogP contribution in [0.25, 0.3) is 10.9 Å². The first-order chi connectivity index (χ1) is 10.9. The molecule has 0 radical (unpaired) electrons. The van der Waals surface area contributed by atoms with E-state index in [9.17, 15) is 0 Å². The maximum Gasteiger partial charge on any atom is 0.145 e. The molecule has 2 aliphatic heterocycles. The van der Waals surface area contributed by atoms with Crippen LogP contribution < -0.4 is 4.90 Å². The predicted octanol–water partition coefficient (Wildman–Crippen LogP) is 2.06. The SMILES string of the molecule is c1ccc2c(N3CCOCC3)nc(CN3CCCC3)nc2c1. The highest BCUT2D eigenvalue weighted by Gasteiger charge is 2.19. The fraction of sp³-hybridized carbons (Fsp3) is 0.529. The molecule has 0 unspecified atom stereocenters. The number of hydrogen-bond donors (Lipinski definition) is 0. The van der Waals surface area contributed by atoms with Gasteiger partial charge in [0.15, 0.2) is 0 Å². The maximum absolute atomic E-state index is 5.48. The van der Waals surface area contributed by atoms with Crippen molar-refractivity contribution in [1.82, 2.24) is 14.9 Å². The van der Waals surface area contributed by atoms with Crippen LogP contribution in [0.15, 0.2) is 24.3 Å². The number of aromatic nitrogens is 2. The number of fused-ring (bicyclic) bond motifs is 1. The molecule has 2 aliphatic rings. The van der Waals surface area contributed by atoms with Crippen LogP contribution in [0.1, 0.15) is 18.7 Å². The Hall–Kier alpha value is -1.72. The molecule has 3 heterocycles. The Labute approximate surface area is 130 Å². The number of benzene rings is 1. The molecule has 1 aromatic carbocycles. The largest absolute Gasteiger partial charge is 0.378 e. The summed E-state index contributed by atoms with van der Waals surface area (Å²) in [6.45, 7) is 6.57. The zero-order chi connectivity index (χ0) is 14.8. The van der Waals surface area contributed by atoms with E-state index in [2.05, 4.69) is 34.1 Å². The van der Waals surface area contributed by atoms with Crippen LogP contribution in [0.2, 0.25) is 0 Å². The highest BCUT2D eigenvalue weighted by Crippen LogP contribution is 2.25. The number of morpholine rings is 1. The van der Waals surface area contributed by atoms with Gasteiger partial charge in [-0.15, -0.1) is 0 Å². The number of likely N-dealkylation sites (tertiary alicyclic amines) is 1. The van der Waals surface area contributed by atoms with Gasteiger partial charge in [-0.1, -0.05) is 12.1 Å². The van der Waals surface area contributed by atoms with Crippen LogP contribution in [0.5, 0.6) is 0 Å². The number of anilines is 1. The van der Waals surface area contributed by atoms with E-state index >= 15 is 0 Å². The lowest BCUT2D eigenvalue weighted by Gasteiger charge is -2.29. The van der Waals surface area contributed by atoms with E-state index in [1.54, 1.807) is 0 Å². The van der Waals surface area contributed by atoms with Crippen molar-refractivity contribution in [2.75, 3.05) is 44.3 Å². The monoisotopic (exact) mass is 298 g/mol. The van der Waals surface area contributed by atoms with Crippen molar-refractivity contribution in [2.45, 2.75) is 19.4 Å². The van der Waals surface area contributed by atoms with E-state index < -0.39 is 0 Å². The Bertz CT molecular complexity index is 648. The molecule has 2 fully saturated rings. The standard InChI is InChI=1S/C17H22N4O/c1-2-6-15-14(5-1)17(21-9-11-22-12-10-21)19-16(18-15)13-20-7-3-4-8-20/h1-2,5-6H,3-4,7-13H2. The van der Waals surface area contributed by atoms with Gasteiger partial charge in [-0.3, -0.25) is 4.90 Å². The molecule has 4 rings (SSSR count). The molecule has 1 aromatic heterocycles. The third kappa shape index (κ3) is 2.78. The second-order valence-electron chi connectivity index (χ2n) is 6.06. The lowest BCUT2D eigenvalue weighted by Crippen LogP contribution is -2.37. The van der Waals surface area contributed by atoms with E-state index in [1.165, 1.54) is 25.9 Å². The van der Waals surface area contributed by atoms with E-state index in [0.717, 1.165) is 55.4 Å². The van der Waals surface area contributed by atoms with Crippen LogP contribution in [-0.4, -0.2) is 54.3 Å². The van der Waals surface area contributed by atoms with Crippen LogP contribution in [0.3, 0.4) is 0 Å². The molecule has 5 nitrogen and oxygen atoms in total. The Kier molecular flexibility index (Phi) is 3.91. The van der Waals surface area contributed by atoms with Gasteiger partial charge in [-0.05, 0) is 38.1 Å². The van der Waals surface area contributed by atoms with Crippen molar-refractivity contribution in [2.24, 2.45) is 0 Å². The number of para-hydroxylation sites is 1. The van der Waals surface area contributed by atoms with Crippen molar-refractivity contribution in [1.29, 1.82) is 0 Å². The summed E-state index contributed by atoms with van der Waals surface area (Å²) in [5.74, 6) is 2.02. The molecular formula is C17H22N4O. The lowest BCUT2D eigenvalue weighted by atomic mass is 10.2. The zero-order valence-corrected chi connectivity index (χ0v) is 12.9. The van der Waals surface area contributed by atoms with Crippen molar-refractivity contribution in [3.8, 4) is 0 Å². The summed E-state index contributed by atoms with van der Waals surface area (Å²) < 4.78 is 5.48. The molecule has 0 bridgehead atoms. The number of ether oxygens (including phenoxy) is 1. The van der Waals surface area contributed by atoms with Crippen LogP contribution >= 0.6 is 0 Å². The minimum absolute atomic E-state index is 0.778. The Balaban J connectivity index is 1.71. The minimum Gasteiger partial charge on any atom is -0.378 e. The van der Waals surface area contributed by atoms with Gasteiger partial charge in [-0.25, -0.2) is 9.97 Å². The summed E-state index contributed by atoms with van der Waals surface area (Å²) in [6, 6.07) is 8.34. The third-order valence-electron chi connectivity index (χ3n) is 4.50. The normalized spacial score (nSPS) is 19.9. The third-order valence-corrected chi connectivity index (χ3v) is 4.50. The van der Waals surface area contributed by atoms with Gasteiger partial charge in [0, 0.05) is 18.5 Å². The highest BCUT2D eigenvalue weighted by atomic mass is 16.5. The van der Waals surface area contributed by atoms with Crippen molar-refractivity contribution in [3.63, 3.8) is 0 Å². The average molecular weight is 298 g/mol. The van der Waals surface area contributed by atoms with E-state index in [0.29, 0.717) is 0 Å². The number of nitrogens with zero attached hydrogens (tertiary/aromatic N) is 4. The first-order valence-electron chi connectivity index (χ1n) is 8.21. The van der Waals surface area contributed by atoms with Gasteiger partial charge < -0.3 is 9.64 Å². The Morgan fingerprint density at radius 2 is 1.73 bits per heavy atom. The van der Waals surface area contributed by atoms with Gasteiger partial charge >= 0.3 is 0 Å². The smallest absolute Gasteiger partial charge is 0.145 e. The fourth-order valence-electron chi connectivity index (χ4n) is 3.33. The molecule has 2 saturated heterocycles. The molecule has 0 atom stereocenters. The molecule has 0 aliphatic carbocycles. The second kappa shape index (κ2) is 6.18. The van der Waals surface area contributed by atoms with Crippen LogP contribution in [0.4, 0.5) is 5.82 Å². The minimum atomic E-state index is 0.778. The summed E-state index contributed by atoms with van der Waals surface area (Å²) in [5, 5.41) is 1.15. The molecule has 0 N–H and O–H groups in total. The van der Waals surface area contributed by atoms with Gasteiger partial charge in [-0.2, -0.15) is 0 Å². The molecule has 2 aromatic rings. The number of rotatable bonds is 3. The van der Waals surface area contributed by atoms with E-state index in [1.807, 2.05) is 0 Å². The van der Waals surface area contributed by atoms with Crippen molar-refractivity contribution in [3.05, 3.63) is 30.1 Å². The first kappa shape index (κ1) is 13.9. The predicted molar refractivity (Wildman–Crippen MR) is 87.1 cm³/mol. The number of hydrogen-bond acceptors (Lipinski definition) is 5. The fourth-order valence-corrected chi connectivity index (χ4v) is 3.33. The topological polar surface area (TPSA) is 41.5 Å².